The fourth-order valence-corrected chi connectivity index (χ4v) is 9.88. The van der Waals surface area contributed by atoms with E-state index in [-0.39, 0.29) is 6.04 Å². The number of imidazole rings is 2. The number of nitrogens with zero attached hydrogens (tertiary/aromatic N) is 8. The zero-order valence-corrected chi connectivity index (χ0v) is 44.7. The molecular weight excluding hydrogens is 1010 g/mol. The zero-order chi connectivity index (χ0) is 50.6. The van der Waals surface area contributed by atoms with Crippen LogP contribution in [0, 0.1) is 15.4 Å². The molecule has 2 aliphatic rings. The highest BCUT2D eigenvalue weighted by atomic mass is 127. The van der Waals surface area contributed by atoms with Crippen molar-refractivity contribution >= 4 is 81.0 Å². The van der Waals surface area contributed by atoms with Crippen LogP contribution in [0.15, 0.2) is 122 Å². The topological polar surface area (TPSA) is 176 Å². The third kappa shape index (κ3) is 14.1. The summed E-state index contributed by atoms with van der Waals surface area (Å²) in [5.74, 6) is 4.60. The number of hydrogen-bond donors (Lipinski definition) is 6. The number of benzene rings is 4. The predicted molar refractivity (Wildman–Crippen MR) is 303 cm³/mol. The van der Waals surface area contributed by atoms with E-state index in [1.807, 2.05) is 24.8 Å². The summed E-state index contributed by atoms with van der Waals surface area (Å²) in [4.78, 5) is 28.7. The molecule has 2 saturated carbocycles. The minimum Gasteiger partial charge on any atom is -0.423 e. The van der Waals surface area contributed by atoms with Crippen LogP contribution in [0.3, 0.4) is 0 Å². The van der Waals surface area contributed by atoms with Gasteiger partial charge in [-0.2, -0.15) is 19.9 Å². The summed E-state index contributed by atoms with van der Waals surface area (Å²) in [6.45, 7) is 14.7. The average Bonchev–Trinajstić information content (AvgIpc) is 4.03. The van der Waals surface area contributed by atoms with Crippen molar-refractivity contribution in [2.75, 3.05) is 21.3 Å². The van der Waals surface area contributed by atoms with Gasteiger partial charge in [0.1, 0.15) is 0 Å². The van der Waals surface area contributed by atoms with Crippen LogP contribution in [0.2, 0.25) is 0 Å². The molecule has 2 aliphatic carbocycles. The molecule has 0 atom stereocenters. The molecule has 0 aliphatic heterocycles. The minimum absolute atomic E-state index is 0.277. The maximum absolute atomic E-state index is 8.58. The molecule has 4 aromatic carbocycles. The van der Waals surface area contributed by atoms with Crippen LogP contribution in [0.1, 0.15) is 116 Å². The molecule has 0 spiro atoms. The molecule has 72 heavy (non-hydrogen) atoms. The fraction of sp³-hybridized carbons (Fsp3) is 0.393. The summed E-state index contributed by atoms with van der Waals surface area (Å²) in [7, 11) is -1.34. The van der Waals surface area contributed by atoms with Crippen LogP contribution in [0.4, 0.5) is 23.5 Å². The first-order chi connectivity index (χ1) is 34.9. The lowest BCUT2D eigenvalue weighted by atomic mass is 9.81. The van der Waals surface area contributed by atoms with Crippen LogP contribution in [0.5, 0.6) is 0 Å². The molecule has 376 valence electrons. The summed E-state index contributed by atoms with van der Waals surface area (Å²) in [5, 5.41) is 31.4. The van der Waals surface area contributed by atoms with Gasteiger partial charge in [-0.05, 0) is 159 Å². The third-order valence-corrected chi connectivity index (χ3v) is 14.3. The van der Waals surface area contributed by atoms with Gasteiger partial charge >= 0.3 is 7.12 Å². The van der Waals surface area contributed by atoms with Crippen molar-refractivity contribution in [3.8, 4) is 11.1 Å². The number of hydrogen-bond acceptors (Lipinski definition) is 12. The normalized spacial score (nSPS) is 17.7. The second kappa shape index (κ2) is 25.0. The van der Waals surface area contributed by atoms with Crippen LogP contribution in [0.25, 0.3) is 33.5 Å². The van der Waals surface area contributed by atoms with Gasteiger partial charge in [0.05, 0.1) is 12.7 Å². The van der Waals surface area contributed by atoms with Gasteiger partial charge in [-0.15, -0.1) is 0 Å². The van der Waals surface area contributed by atoms with E-state index in [1.54, 1.807) is 24.3 Å². The summed E-state index contributed by atoms with van der Waals surface area (Å²) in [5.41, 5.74) is 8.78. The molecule has 10 rings (SSSR count). The molecule has 2 fully saturated rings. The van der Waals surface area contributed by atoms with Gasteiger partial charge < -0.3 is 40.4 Å². The van der Waals surface area contributed by atoms with E-state index >= 15 is 0 Å². The van der Waals surface area contributed by atoms with E-state index in [0.717, 1.165) is 45.8 Å². The molecule has 16 heteroatoms. The predicted octanol–water partition coefficient (Wildman–Crippen LogP) is 11.7. The molecule has 6 N–H and O–H groups in total. The molecule has 8 aromatic rings. The Bertz CT molecular complexity index is 2950. The maximum atomic E-state index is 8.58. The van der Waals surface area contributed by atoms with Crippen LogP contribution < -0.4 is 26.7 Å². The highest BCUT2D eigenvalue weighted by molar-refractivity contribution is 14.1. The quantitative estimate of drug-likeness (QED) is 0.0450. The maximum Gasteiger partial charge on any atom is 0.488 e. The smallest absolute Gasteiger partial charge is 0.423 e. The Morgan fingerprint density at radius 1 is 0.556 bits per heavy atom. The Labute approximate surface area is 438 Å². The Hall–Kier alpha value is -6.11. The number of anilines is 4. The van der Waals surface area contributed by atoms with Crippen molar-refractivity contribution in [1.82, 2.24) is 39.0 Å². The first-order valence-corrected chi connectivity index (χ1v) is 26.7. The van der Waals surface area contributed by atoms with E-state index in [9.17, 15) is 0 Å². The molecule has 0 unspecified atom stereocenters. The lowest BCUT2D eigenvalue weighted by molar-refractivity contribution is 0.360. The van der Waals surface area contributed by atoms with Gasteiger partial charge in [0.15, 0.2) is 34.0 Å². The molecule has 0 bridgehead atoms. The number of halogens is 1. The van der Waals surface area contributed by atoms with Crippen LogP contribution in [-0.2, 0) is 13.1 Å². The molecule has 0 saturated heterocycles. The van der Waals surface area contributed by atoms with Crippen molar-refractivity contribution in [2.45, 2.75) is 130 Å². The molecule has 0 amide bonds. The monoisotopic (exact) mass is 1080 g/mol. The minimum atomic E-state index is -1.34. The van der Waals surface area contributed by atoms with E-state index in [2.05, 4.69) is 177 Å². The van der Waals surface area contributed by atoms with Gasteiger partial charge in [-0.25, -0.2) is 9.97 Å². The molecule has 14 nitrogen and oxygen atoms in total. The lowest BCUT2D eigenvalue weighted by Gasteiger charge is -2.27. The summed E-state index contributed by atoms with van der Waals surface area (Å²) >= 11 is 2.34. The Balaban J connectivity index is 0.000000166. The average molecular weight is 1080 g/mol. The number of nitrogens with one attached hydrogen (secondary N) is 4. The van der Waals surface area contributed by atoms with Gasteiger partial charge in [0.25, 0.3) is 0 Å². The highest BCUT2D eigenvalue weighted by Gasteiger charge is 2.23. The third-order valence-electron chi connectivity index (χ3n) is 13.6. The van der Waals surface area contributed by atoms with Crippen molar-refractivity contribution in [3.05, 3.63) is 137 Å². The SMILES string of the molecule is CC1CCC(Nc2nc(NCc3cccc(-c4ccccc4)c3)c3ncn(C(C)C)c3n2)CC1.CC1CCC(Nc2nc(NCc3cccc(I)c3)c3ncn(C(C)C)c3n2)CC1.OB(O)c1ccccc1. The fourth-order valence-electron chi connectivity index (χ4n) is 9.27. The van der Waals surface area contributed by atoms with E-state index in [1.165, 1.54) is 77.2 Å². The molecule has 4 heterocycles. The second-order valence-electron chi connectivity index (χ2n) is 20.0. The number of rotatable bonds is 14. The van der Waals surface area contributed by atoms with Gasteiger partial charge in [0, 0.05) is 40.8 Å². The molecule has 0 radical (unpaired) electrons. The Morgan fingerprint density at radius 3 is 1.44 bits per heavy atom. The Morgan fingerprint density at radius 2 is 1.00 bits per heavy atom. The van der Waals surface area contributed by atoms with Gasteiger partial charge in [-0.3, -0.25) is 0 Å². The summed E-state index contributed by atoms with van der Waals surface area (Å²) < 4.78 is 5.46. The van der Waals surface area contributed by atoms with Gasteiger partial charge in [0.2, 0.25) is 11.9 Å². The summed E-state index contributed by atoms with van der Waals surface area (Å²) in [6, 6.07) is 37.7. The molecule has 4 aromatic heterocycles. The first-order valence-electron chi connectivity index (χ1n) is 25.7. The van der Waals surface area contributed by atoms with E-state index < -0.39 is 7.12 Å². The van der Waals surface area contributed by atoms with E-state index in [4.69, 9.17) is 30.0 Å². The van der Waals surface area contributed by atoms with Gasteiger partial charge in [-0.1, -0.05) is 105 Å². The zero-order valence-electron chi connectivity index (χ0n) is 42.5. The van der Waals surface area contributed by atoms with Crippen molar-refractivity contribution in [3.63, 3.8) is 0 Å². The highest BCUT2D eigenvalue weighted by Crippen LogP contribution is 2.31. The summed E-state index contributed by atoms with van der Waals surface area (Å²) in [6.07, 6.45) is 13.5. The van der Waals surface area contributed by atoms with Crippen molar-refractivity contribution in [1.29, 1.82) is 0 Å². The second-order valence-corrected chi connectivity index (χ2v) is 21.3. The Kier molecular flexibility index (Phi) is 18.2. The largest absolute Gasteiger partial charge is 0.488 e. The number of aromatic nitrogens is 8. The lowest BCUT2D eigenvalue weighted by Crippen LogP contribution is -2.29. The van der Waals surface area contributed by atoms with Crippen molar-refractivity contribution in [2.24, 2.45) is 11.8 Å². The standard InChI is InChI=1S/C28H34N6.C22H29IN6.C6H7BO2/c1-19(2)34-18-30-25-26(32-28(33-27(25)34)31-24-14-12-20(3)13-15-24)29-17-21-8-7-11-23(16-21)22-9-5-4-6-10-22;1-14(2)29-13-25-19-20(24-12-16-5-4-6-17(23)11-16)27-22(28-21(19)29)26-18-9-7-15(3)8-10-18;8-7(9)6-4-2-1-3-5-6/h4-11,16,18-20,24H,12-15,17H2,1-3H3,(H2,29,31,32,33);4-6,11,13-15,18H,7-10,12H2,1-3H3,(H2,24,26,27,28);1-5,8-9H. The number of fused-ring (bicyclic) bond motifs is 2. The van der Waals surface area contributed by atoms with Crippen LogP contribution in [-0.4, -0.2) is 68.3 Å². The van der Waals surface area contributed by atoms with Crippen molar-refractivity contribution < 1.29 is 10.0 Å². The molecular formula is C56H70BIN12O2. The van der Waals surface area contributed by atoms with Crippen LogP contribution >= 0.6 is 22.6 Å². The first kappa shape index (κ1) is 52.2. The van der Waals surface area contributed by atoms with E-state index in [0.29, 0.717) is 48.6 Å².